The van der Waals surface area contributed by atoms with Crippen LogP contribution in [0.15, 0.2) is 60.7 Å². The molecule has 0 saturated heterocycles. The van der Waals surface area contributed by atoms with Gasteiger partial charge in [-0.3, -0.25) is 0 Å². The number of rotatable bonds is 6. The number of benzene rings is 2. The van der Waals surface area contributed by atoms with Crippen LogP contribution in [-0.2, 0) is 4.79 Å². The molecule has 0 aromatic heterocycles. The van der Waals surface area contributed by atoms with Crippen LogP contribution in [0.3, 0.4) is 0 Å². The lowest BCUT2D eigenvalue weighted by molar-refractivity contribution is -0.139. The van der Waals surface area contributed by atoms with E-state index in [9.17, 15) is 15.0 Å². The maximum Gasteiger partial charge on any atom is 0.341 e. The van der Waals surface area contributed by atoms with E-state index in [0.717, 1.165) is 11.1 Å². The van der Waals surface area contributed by atoms with Crippen molar-refractivity contribution in [3.05, 3.63) is 71.8 Å². The summed E-state index contributed by atoms with van der Waals surface area (Å²) in [6.07, 6.45) is 2.49. The summed E-state index contributed by atoms with van der Waals surface area (Å²) in [4.78, 5) is 10.8. The Labute approximate surface area is 162 Å². The number of carbonyl (C=O) groups is 1. The smallest absolute Gasteiger partial charge is 0.341 e. The van der Waals surface area contributed by atoms with Gasteiger partial charge in [-0.15, -0.1) is 0 Å². The number of ether oxygens (including phenoxy) is 2. The average molecular weight is 382 g/mol. The first-order valence-corrected chi connectivity index (χ1v) is 9.28. The minimum absolute atomic E-state index is 0.0717. The fourth-order valence-corrected chi connectivity index (χ4v) is 4.13. The zero-order valence-electron chi connectivity index (χ0n) is 15.1. The molecule has 6 heteroatoms. The van der Waals surface area contributed by atoms with Crippen LogP contribution in [-0.4, -0.2) is 40.1 Å². The van der Waals surface area contributed by atoms with Gasteiger partial charge in [0.1, 0.15) is 6.10 Å². The Kier molecular flexibility index (Phi) is 5.07. The quantitative estimate of drug-likeness (QED) is 0.665. The Balaban J connectivity index is 1.57. The first-order valence-electron chi connectivity index (χ1n) is 9.28. The van der Waals surface area contributed by atoms with Gasteiger partial charge in [-0.05, 0) is 11.6 Å². The van der Waals surface area contributed by atoms with Crippen LogP contribution in [0, 0.1) is 5.92 Å². The summed E-state index contributed by atoms with van der Waals surface area (Å²) >= 11 is 0. The number of carboxylic acids is 1. The lowest BCUT2D eigenvalue weighted by Crippen LogP contribution is -2.16. The first kappa shape index (κ1) is 18.5. The van der Waals surface area contributed by atoms with Gasteiger partial charge < -0.3 is 24.8 Å². The molecule has 1 unspecified atom stereocenters. The molecule has 0 spiro atoms. The van der Waals surface area contributed by atoms with Crippen LogP contribution in [0.5, 0.6) is 11.5 Å². The molecule has 0 bridgehead atoms. The molecule has 2 aromatic carbocycles. The highest BCUT2D eigenvalue weighted by Crippen LogP contribution is 2.53. The Morgan fingerprint density at radius 1 is 1.21 bits per heavy atom. The number of carboxylic acid groups (broad SMARTS) is 1. The molecule has 1 aliphatic carbocycles. The largest absolute Gasteiger partial charge is 0.485 e. The highest BCUT2D eigenvalue weighted by Gasteiger charge is 2.49. The molecule has 1 saturated carbocycles. The van der Waals surface area contributed by atoms with Crippen molar-refractivity contribution in [2.75, 3.05) is 6.61 Å². The number of aliphatic hydroxyl groups is 2. The van der Waals surface area contributed by atoms with Crippen LogP contribution >= 0.6 is 0 Å². The molecule has 2 aromatic rings. The molecule has 1 aliphatic heterocycles. The Morgan fingerprint density at radius 3 is 2.75 bits per heavy atom. The van der Waals surface area contributed by atoms with Gasteiger partial charge in [-0.2, -0.15) is 0 Å². The van der Waals surface area contributed by atoms with Crippen molar-refractivity contribution in [1.82, 2.24) is 0 Å². The van der Waals surface area contributed by atoms with Crippen LogP contribution < -0.4 is 9.47 Å². The monoisotopic (exact) mass is 382 g/mol. The minimum Gasteiger partial charge on any atom is -0.485 e. The van der Waals surface area contributed by atoms with E-state index in [1.165, 1.54) is 0 Å². The Bertz CT molecular complexity index is 878. The molecule has 3 N–H and O–H groups in total. The first-order chi connectivity index (χ1) is 13.5. The second kappa shape index (κ2) is 7.66. The number of para-hydroxylation sites is 1. The van der Waals surface area contributed by atoms with Gasteiger partial charge in [0, 0.05) is 23.8 Å². The highest BCUT2D eigenvalue weighted by molar-refractivity contribution is 5.68. The van der Waals surface area contributed by atoms with E-state index in [1.807, 2.05) is 42.5 Å². The topological polar surface area (TPSA) is 96.2 Å². The zero-order chi connectivity index (χ0) is 19.7. The second-order valence-electron chi connectivity index (χ2n) is 7.16. The van der Waals surface area contributed by atoms with Gasteiger partial charge in [0.25, 0.3) is 0 Å². The van der Waals surface area contributed by atoms with E-state index in [0.29, 0.717) is 17.9 Å². The fourth-order valence-electron chi connectivity index (χ4n) is 4.13. The molecule has 28 heavy (non-hydrogen) atoms. The van der Waals surface area contributed by atoms with Crippen molar-refractivity contribution in [3.8, 4) is 11.5 Å². The fraction of sp³-hybridized carbons (Fsp3) is 0.318. The van der Waals surface area contributed by atoms with Crippen LogP contribution in [0.1, 0.15) is 29.6 Å². The lowest BCUT2D eigenvalue weighted by atomic mass is 9.87. The molecule has 4 rings (SSSR count). The average Bonchev–Trinajstić information content (AvgIpc) is 3.20. The predicted octanol–water partition coefficient (Wildman–Crippen LogP) is 2.67. The summed E-state index contributed by atoms with van der Waals surface area (Å²) in [6.45, 7) is -0.440. The van der Waals surface area contributed by atoms with Crippen LogP contribution in [0.2, 0.25) is 0 Å². The van der Waals surface area contributed by atoms with E-state index < -0.39 is 24.8 Å². The summed E-state index contributed by atoms with van der Waals surface area (Å²) in [5, 5.41) is 29.8. The predicted molar refractivity (Wildman–Crippen MR) is 101 cm³/mol. The normalized spacial score (nSPS) is 26.5. The molecular formula is C22H22O6. The standard InChI is InChI=1S/C22H22O6/c23-16(13-5-2-1-3-6-13)10-9-14-17(24)11-19-21(14)15-7-4-8-18(22(15)28-19)27-12-20(25)26/h1-10,14,16-17,19,21,23-24H,11-12H2,(H,25,26)/b10-9+/t14?,16-,17-,19+,21+/m1/s1. The van der Waals surface area contributed by atoms with Crippen molar-refractivity contribution < 1.29 is 29.6 Å². The lowest BCUT2D eigenvalue weighted by Gasteiger charge is -2.18. The van der Waals surface area contributed by atoms with E-state index in [2.05, 4.69) is 0 Å². The zero-order valence-corrected chi connectivity index (χ0v) is 15.1. The highest BCUT2D eigenvalue weighted by atomic mass is 16.5. The van der Waals surface area contributed by atoms with Crippen molar-refractivity contribution >= 4 is 5.97 Å². The van der Waals surface area contributed by atoms with E-state index in [4.69, 9.17) is 14.6 Å². The number of hydrogen-bond acceptors (Lipinski definition) is 5. The Morgan fingerprint density at radius 2 is 2.00 bits per heavy atom. The van der Waals surface area contributed by atoms with Crippen LogP contribution in [0.25, 0.3) is 0 Å². The Hall–Kier alpha value is -2.83. The number of aliphatic hydroxyl groups excluding tert-OH is 2. The molecule has 5 atom stereocenters. The molecule has 1 fully saturated rings. The third-order valence-corrected chi connectivity index (χ3v) is 5.38. The summed E-state index contributed by atoms with van der Waals surface area (Å²) in [5.41, 5.74) is 1.68. The second-order valence-corrected chi connectivity index (χ2v) is 7.16. The third-order valence-electron chi connectivity index (χ3n) is 5.38. The van der Waals surface area contributed by atoms with E-state index in [-0.39, 0.29) is 17.9 Å². The maximum absolute atomic E-state index is 10.8. The van der Waals surface area contributed by atoms with Gasteiger partial charge in [-0.25, -0.2) is 4.79 Å². The van der Waals surface area contributed by atoms with Crippen LogP contribution in [0.4, 0.5) is 0 Å². The molecular weight excluding hydrogens is 360 g/mol. The van der Waals surface area contributed by atoms with Gasteiger partial charge in [0.15, 0.2) is 18.1 Å². The third kappa shape index (κ3) is 3.48. The van der Waals surface area contributed by atoms with E-state index in [1.54, 1.807) is 18.2 Å². The molecule has 6 nitrogen and oxygen atoms in total. The number of fused-ring (bicyclic) bond motifs is 3. The molecule has 1 heterocycles. The van der Waals surface area contributed by atoms with Gasteiger partial charge in [-0.1, -0.05) is 54.6 Å². The SMILES string of the molecule is O=C(O)COc1cccc2c1O[C@H]1C[C@@H](O)C(/C=C/[C@@H](O)c3ccccc3)[C@@H]21. The summed E-state index contributed by atoms with van der Waals surface area (Å²) < 4.78 is 11.4. The van der Waals surface area contributed by atoms with Gasteiger partial charge >= 0.3 is 5.97 Å². The molecule has 0 amide bonds. The molecule has 146 valence electrons. The van der Waals surface area contributed by atoms with E-state index >= 15 is 0 Å². The van der Waals surface area contributed by atoms with Gasteiger partial charge in [0.2, 0.25) is 0 Å². The molecule has 0 radical (unpaired) electrons. The molecule has 2 aliphatic rings. The van der Waals surface area contributed by atoms with Crippen molar-refractivity contribution in [3.63, 3.8) is 0 Å². The van der Waals surface area contributed by atoms with Crippen molar-refractivity contribution in [1.29, 1.82) is 0 Å². The number of aliphatic carboxylic acids is 1. The van der Waals surface area contributed by atoms with Crippen molar-refractivity contribution in [2.45, 2.75) is 30.7 Å². The summed E-state index contributed by atoms with van der Waals surface area (Å²) in [5.74, 6) is -0.387. The summed E-state index contributed by atoms with van der Waals surface area (Å²) in [7, 11) is 0. The van der Waals surface area contributed by atoms with Gasteiger partial charge in [0.05, 0.1) is 12.2 Å². The van der Waals surface area contributed by atoms with Crippen molar-refractivity contribution in [2.24, 2.45) is 5.92 Å². The maximum atomic E-state index is 10.8. The minimum atomic E-state index is -1.05. The number of hydrogen-bond donors (Lipinski definition) is 3. The summed E-state index contributed by atoms with van der Waals surface area (Å²) in [6, 6.07) is 14.7.